The van der Waals surface area contributed by atoms with Crippen LogP contribution in [0.4, 0.5) is 0 Å². The minimum atomic E-state index is -0.111. The van der Waals surface area contributed by atoms with Gasteiger partial charge in [0, 0.05) is 16.7 Å². The zero-order chi connectivity index (χ0) is 15.7. The molecular formula is C19H12N2O. The molecule has 2 aromatic rings. The SMILES string of the molecule is CC/C=C1/C(=O)c2cc3ccccc3cc2C1=C(C#N)C#N. The van der Waals surface area contributed by atoms with Crippen molar-refractivity contribution < 1.29 is 4.79 Å². The molecule has 0 heterocycles. The molecule has 0 aromatic heterocycles. The second-order valence-electron chi connectivity index (χ2n) is 5.07. The zero-order valence-electron chi connectivity index (χ0n) is 12.1. The normalized spacial score (nSPS) is 14.8. The van der Waals surface area contributed by atoms with E-state index in [-0.39, 0.29) is 11.4 Å². The fraction of sp³-hybridized carbons (Fsp3) is 0.105. The maximum Gasteiger partial charge on any atom is 0.194 e. The number of Topliss-reactive ketones (excluding diaryl/α,β-unsaturated/α-hetero) is 1. The highest BCUT2D eigenvalue weighted by Crippen LogP contribution is 2.40. The summed E-state index contributed by atoms with van der Waals surface area (Å²) < 4.78 is 0. The Kier molecular flexibility index (Phi) is 3.33. The van der Waals surface area contributed by atoms with E-state index in [2.05, 4.69) is 0 Å². The van der Waals surface area contributed by atoms with E-state index in [1.165, 1.54) is 0 Å². The van der Waals surface area contributed by atoms with Crippen molar-refractivity contribution in [2.45, 2.75) is 13.3 Å². The van der Waals surface area contributed by atoms with Crippen LogP contribution < -0.4 is 0 Å². The van der Waals surface area contributed by atoms with Crippen molar-refractivity contribution in [3.8, 4) is 12.1 Å². The molecule has 0 aliphatic heterocycles. The predicted molar refractivity (Wildman–Crippen MR) is 84.8 cm³/mol. The minimum absolute atomic E-state index is 0.0120. The minimum Gasteiger partial charge on any atom is -0.289 e. The van der Waals surface area contributed by atoms with E-state index in [1.807, 2.05) is 55.5 Å². The lowest BCUT2D eigenvalue weighted by Crippen LogP contribution is -1.95. The molecule has 3 heteroatoms. The first-order chi connectivity index (χ1) is 10.7. The van der Waals surface area contributed by atoms with Gasteiger partial charge in [-0.15, -0.1) is 0 Å². The van der Waals surface area contributed by atoms with Gasteiger partial charge >= 0.3 is 0 Å². The number of benzene rings is 2. The average Bonchev–Trinajstić information content (AvgIpc) is 2.80. The lowest BCUT2D eigenvalue weighted by molar-refractivity contribution is 0.104. The summed E-state index contributed by atoms with van der Waals surface area (Å²) in [6.45, 7) is 1.93. The Bertz CT molecular complexity index is 934. The second kappa shape index (κ2) is 5.31. The van der Waals surface area contributed by atoms with Crippen LogP contribution in [0.2, 0.25) is 0 Å². The first-order valence-electron chi connectivity index (χ1n) is 7.04. The summed E-state index contributed by atoms with van der Waals surface area (Å²) in [5.74, 6) is -0.111. The van der Waals surface area contributed by atoms with Crippen LogP contribution >= 0.6 is 0 Å². The van der Waals surface area contributed by atoms with Crippen molar-refractivity contribution in [1.82, 2.24) is 0 Å². The highest BCUT2D eigenvalue weighted by molar-refractivity contribution is 6.28. The van der Waals surface area contributed by atoms with E-state index in [9.17, 15) is 15.3 Å². The molecule has 1 aliphatic rings. The number of hydrogen-bond donors (Lipinski definition) is 0. The summed E-state index contributed by atoms with van der Waals surface area (Å²) in [5.41, 5.74) is 2.17. The number of carbonyl (C=O) groups excluding carboxylic acids is 1. The number of nitriles is 2. The molecule has 3 nitrogen and oxygen atoms in total. The first-order valence-corrected chi connectivity index (χ1v) is 7.04. The summed E-state index contributed by atoms with van der Waals surface area (Å²) in [6.07, 6.45) is 2.46. The predicted octanol–water partition coefficient (Wildman–Crippen LogP) is 4.17. The van der Waals surface area contributed by atoms with Gasteiger partial charge in [0.25, 0.3) is 0 Å². The van der Waals surface area contributed by atoms with Crippen LogP contribution in [0.15, 0.2) is 53.6 Å². The lowest BCUT2D eigenvalue weighted by atomic mass is 9.97. The molecule has 0 bridgehead atoms. The van der Waals surface area contributed by atoms with E-state index in [4.69, 9.17) is 0 Å². The van der Waals surface area contributed by atoms with Gasteiger partial charge in [-0.1, -0.05) is 37.3 Å². The van der Waals surface area contributed by atoms with Crippen LogP contribution in [-0.2, 0) is 0 Å². The van der Waals surface area contributed by atoms with Crippen LogP contribution in [0.5, 0.6) is 0 Å². The zero-order valence-corrected chi connectivity index (χ0v) is 12.1. The van der Waals surface area contributed by atoms with E-state index in [0.717, 1.165) is 10.8 Å². The van der Waals surface area contributed by atoms with E-state index in [0.29, 0.717) is 28.7 Å². The van der Waals surface area contributed by atoms with Gasteiger partial charge < -0.3 is 0 Å². The number of rotatable bonds is 1. The Labute approximate surface area is 128 Å². The average molecular weight is 284 g/mol. The summed E-state index contributed by atoms with van der Waals surface area (Å²) >= 11 is 0. The first kappa shape index (κ1) is 13.8. The summed E-state index contributed by atoms with van der Waals surface area (Å²) in [4.78, 5) is 12.7. The smallest absolute Gasteiger partial charge is 0.194 e. The monoisotopic (exact) mass is 284 g/mol. The third-order valence-corrected chi connectivity index (χ3v) is 3.80. The van der Waals surface area contributed by atoms with Crippen LogP contribution in [0.3, 0.4) is 0 Å². The quantitative estimate of drug-likeness (QED) is 0.583. The Hall–Kier alpha value is -3.17. The van der Waals surface area contributed by atoms with Gasteiger partial charge in [-0.25, -0.2) is 0 Å². The Morgan fingerprint density at radius 2 is 1.68 bits per heavy atom. The number of ketones is 1. The molecule has 0 atom stereocenters. The van der Waals surface area contributed by atoms with Gasteiger partial charge in [0.1, 0.15) is 17.7 Å². The summed E-state index contributed by atoms with van der Waals surface area (Å²) in [7, 11) is 0. The van der Waals surface area contributed by atoms with Crippen molar-refractivity contribution in [3.63, 3.8) is 0 Å². The van der Waals surface area contributed by atoms with E-state index >= 15 is 0 Å². The third kappa shape index (κ3) is 1.92. The third-order valence-electron chi connectivity index (χ3n) is 3.80. The number of fused-ring (bicyclic) bond motifs is 2. The van der Waals surface area contributed by atoms with Crippen molar-refractivity contribution >= 4 is 22.1 Å². The highest BCUT2D eigenvalue weighted by atomic mass is 16.1. The molecule has 0 fully saturated rings. The van der Waals surface area contributed by atoms with Crippen LogP contribution in [0, 0.1) is 22.7 Å². The fourth-order valence-corrected chi connectivity index (χ4v) is 2.84. The molecule has 0 amide bonds. The van der Waals surface area contributed by atoms with Gasteiger partial charge in [-0.3, -0.25) is 4.79 Å². The number of nitrogens with zero attached hydrogens (tertiary/aromatic N) is 2. The molecule has 104 valence electrons. The van der Waals surface area contributed by atoms with Gasteiger partial charge in [0.2, 0.25) is 0 Å². The molecule has 1 aliphatic carbocycles. The topological polar surface area (TPSA) is 64.7 Å². The summed E-state index contributed by atoms with van der Waals surface area (Å²) in [5, 5.41) is 20.4. The van der Waals surface area contributed by atoms with E-state index < -0.39 is 0 Å². The van der Waals surface area contributed by atoms with Gasteiger partial charge in [0.05, 0.1) is 0 Å². The van der Waals surface area contributed by atoms with Gasteiger partial charge in [-0.05, 0) is 34.9 Å². The lowest BCUT2D eigenvalue weighted by Gasteiger charge is -2.03. The number of carbonyl (C=O) groups is 1. The second-order valence-corrected chi connectivity index (χ2v) is 5.07. The largest absolute Gasteiger partial charge is 0.289 e. The van der Waals surface area contributed by atoms with Crippen LogP contribution in [-0.4, -0.2) is 5.78 Å². The molecule has 0 spiro atoms. The standard InChI is InChI=1S/C19H12N2O/c1-2-5-15-18(14(10-20)11-21)16-8-12-6-3-4-7-13(12)9-17(16)19(15)22/h3-9H,2H2,1H3/b15-5+. The van der Waals surface area contributed by atoms with Gasteiger partial charge in [0.15, 0.2) is 5.78 Å². The van der Waals surface area contributed by atoms with Crippen LogP contribution in [0.1, 0.15) is 29.3 Å². The molecule has 3 rings (SSSR count). The molecule has 0 radical (unpaired) electrons. The Morgan fingerprint density at radius 1 is 1.09 bits per heavy atom. The highest BCUT2D eigenvalue weighted by Gasteiger charge is 2.32. The molecule has 0 unspecified atom stereocenters. The van der Waals surface area contributed by atoms with Crippen molar-refractivity contribution in [3.05, 3.63) is 64.7 Å². The molecule has 0 saturated heterocycles. The number of hydrogen-bond acceptors (Lipinski definition) is 3. The van der Waals surface area contributed by atoms with Crippen molar-refractivity contribution in [1.29, 1.82) is 10.5 Å². The van der Waals surface area contributed by atoms with Crippen molar-refractivity contribution in [2.75, 3.05) is 0 Å². The van der Waals surface area contributed by atoms with E-state index in [1.54, 1.807) is 6.08 Å². The maximum absolute atomic E-state index is 12.7. The van der Waals surface area contributed by atoms with Gasteiger partial charge in [-0.2, -0.15) is 10.5 Å². The van der Waals surface area contributed by atoms with Crippen LogP contribution in [0.25, 0.3) is 16.3 Å². The Balaban J connectivity index is 2.43. The Morgan fingerprint density at radius 3 is 2.23 bits per heavy atom. The molecule has 0 N–H and O–H groups in total. The molecule has 22 heavy (non-hydrogen) atoms. The molecular weight excluding hydrogens is 272 g/mol. The summed E-state index contributed by atoms with van der Waals surface area (Å²) in [6, 6.07) is 15.3. The molecule has 2 aromatic carbocycles. The fourth-order valence-electron chi connectivity index (χ4n) is 2.84. The molecule has 0 saturated carbocycles. The number of allylic oxidation sites excluding steroid dienone is 4. The van der Waals surface area contributed by atoms with Crippen molar-refractivity contribution in [2.24, 2.45) is 0 Å². The maximum atomic E-state index is 12.7.